The van der Waals surface area contributed by atoms with E-state index in [1.165, 1.54) is 22.9 Å². The van der Waals surface area contributed by atoms with Crippen LogP contribution in [0.4, 0.5) is 0 Å². The van der Waals surface area contributed by atoms with E-state index in [9.17, 15) is 9.59 Å². The van der Waals surface area contributed by atoms with E-state index in [0.717, 1.165) is 19.3 Å². The van der Waals surface area contributed by atoms with Crippen LogP contribution in [0, 0.1) is 0 Å². The lowest BCUT2D eigenvalue weighted by atomic mass is 9.96. The standard InChI is InChI=1S/C15H15N3O4S/c19-14(17-7-13-18-11(8-23-13)15(20)21)9-4-5-16-12(6-9)22-10-2-1-3-10/h4-6,8,10H,1-3,7H2,(H,17,19)(H,20,21). The first-order chi connectivity index (χ1) is 11.1. The van der Waals surface area contributed by atoms with Crippen LogP contribution in [0.3, 0.4) is 0 Å². The van der Waals surface area contributed by atoms with Crippen molar-refractivity contribution in [3.05, 3.63) is 40.0 Å². The lowest BCUT2D eigenvalue weighted by molar-refractivity contribution is 0.0691. The van der Waals surface area contributed by atoms with Crippen LogP contribution in [0.15, 0.2) is 23.7 Å². The summed E-state index contributed by atoms with van der Waals surface area (Å²) in [5.41, 5.74) is 0.434. The van der Waals surface area contributed by atoms with Crippen LogP contribution in [0.2, 0.25) is 0 Å². The first kappa shape index (κ1) is 15.4. The van der Waals surface area contributed by atoms with Crippen LogP contribution in [0.5, 0.6) is 5.88 Å². The van der Waals surface area contributed by atoms with Gasteiger partial charge in [-0.05, 0) is 25.3 Å². The van der Waals surface area contributed by atoms with Gasteiger partial charge in [0.25, 0.3) is 5.91 Å². The summed E-state index contributed by atoms with van der Waals surface area (Å²) in [5, 5.41) is 13.5. The molecule has 7 nitrogen and oxygen atoms in total. The summed E-state index contributed by atoms with van der Waals surface area (Å²) in [7, 11) is 0. The van der Waals surface area contributed by atoms with Crippen molar-refractivity contribution in [2.24, 2.45) is 0 Å². The van der Waals surface area contributed by atoms with Crippen LogP contribution >= 0.6 is 11.3 Å². The van der Waals surface area contributed by atoms with Crippen LogP contribution in [-0.4, -0.2) is 33.1 Å². The largest absolute Gasteiger partial charge is 0.476 e. The maximum Gasteiger partial charge on any atom is 0.355 e. The fourth-order valence-corrected chi connectivity index (χ4v) is 2.73. The number of aromatic nitrogens is 2. The second-order valence-corrected chi connectivity index (χ2v) is 6.11. The van der Waals surface area contributed by atoms with Crippen molar-refractivity contribution in [2.45, 2.75) is 31.9 Å². The highest BCUT2D eigenvalue weighted by atomic mass is 32.1. The lowest BCUT2D eigenvalue weighted by Gasteiger charge is -2.25. The van der Waals surface area contributed by atoms with E-state index in [2.05, 4.69) is 15.3 Å². The van der Waals surface area contributed by atoms with E-state index in [-0.39, 0.29) is 24.2 Å². The maximum atomic E-state index is 12.1. The number of carbonyl (C=O) groups excluding carboxylic acids is 1. The number of amides is 1. The summed E-state index contributed by atoms with van der Waals surface area (Å²) in [5.74, 6) is -0.909. The fraction of sp³-hybridized carbons (Fsp3) is 0.333. The minimum atomic E-state index is -1.08. The summed E-state index contributed by atoms with van der Waals surface area (Å²) in [6.07, 6.45) is 4.94. The molecule has 120 valence electrons. The number of nitrogens with one attached hydrogen (secondary N) is 1. The van der Waals surface area contributed by atoms with Gasteiger partial charge in [0.15, 0.2) is 5.69 Å². The average Bonchev–Trinajstić information content (AvgIpc) is 2.98. The third-order valence-electron chi connectivity index (χ3n) is 3.51. The van der Waals surface area contributed by atoms with Gasteiger partial charge < -0.3 is 15.2 Å². The molecule has 8 heteroatoms. The molecule has 0 atom stereocenters. The first-order valence-electron chi connectivity index (χ1n) is 7.20. The minimum absolute atomic E-state index is 0.0145. The van der Waals surface area contributed by atoms with Gasteiger partial charge in [-0.1, -0.05) is 0 Å². The van der Waals surface area contributed by atoms with Gasteiger partial charge in [0, 0.05) is 23.2 Å². The van der Waals surface area contributed by atoms with Gasteiger partial charge in [0.1, 0.15) is 11.1 Å². The zero-order valence-corrected chi connectivity index (χ0v) is 13.0. The second kappa shape index (κ2) is 6.74. The van der Waals surface area contributed by atoms with Crippen molar-refractivity contribution < 1.29 is 19.4 Å². The number of nitrogens with zero attached hydrogens (tertiary/aromatic N) is 2. The fourth-order valence-electron chi connectivity index (χ4n) is 2.02. The molecule has 0 unspecified atom stereocenters. The van der Waals surface area contributed by atoms with Crippen molar-refractivity contribution in [1.29, 1.82) is 0 Å². The first-order valence-corrected chi connectivity index (χ1v) is 8.08. The average molecular weight is 333 g/mol. The number of carboxylic acid groups (broad SMARTS) is 1. The van der Waals surface area contributed by atoms with E-state index in [1.54, 1.807) is 12.1 Å². The van der Waals surface area contributed by atoms with Crippen LogP contribution < -0.4 is 10.1 Å². The Balaban J connectivity index is 1.58. The normalized spacial score (nSPS) is 14.1. The van der Waals surface area contributed by atoms with Gasteiger partial charge in [-0.3, -0.25) is 4.79 Å². The molecule has 1 amide bonds. The van der Waals surface area contributed by atoms with Crippen LogP contribution in [0.25, 0.3) is 0 Å². The molecule has 23 heavy (non-hydrogen) atoms. The van der Waals surface area contributed by atoms with Gasteiger partial charge in [-0.2, -0.15) is 0 Å². The molecule has 0 bridgehead atoms. The smallest absolute Gasteiger partial charge is 0.355 e. The van der Waals surface area contributed by atoms with Crippen molar-refractivity contribution in [3.8, 4) is 5.88 Å². The number of aromatic carboxylic acids is 1. The summed E-state index contributed by atoms with van der Waals surface area (Å²) in [4.78, 5) is 30.9. The topological polar surface area (TPSA) is 101 Å². The van der Waals surface area contributed by atoms with Crippen molar-refractivity contribution >= 4 is 23.2 Å². The number of carboxylic acids is 1. The van der Waals surface area contributed by atoms with Crippen LogP contribution in [-0.2, 0) is 6.54 Å². The SMILES string of the molecule is O=C(NCc1nc(C(=O)O)cs1)c1ccnc(OC2CCC2)c1. The zero-order chi connectivity index (χ0) is 16.2. The van der Waals surface area contributed by atoms with Crippen molar-refractivity contribution in [1.82, 2.24) is 15.3 Å². The summed E-state index contributed by atoms with van der Waals surface area (Å²) < 4.78 is 5.67. The highest BCUT2D eigenvalue weighted by molar-refractivity contribution is 7.09. The Labute approximate surface area is 136 Å². The highest BCUT2D eigenvalue weighted by Gasteiger charge is 2.20. The second-order valence-electron chi connectivity index (χ2n) is 5.17. The molecule has 1 aliphatic rings. The van der Waals surface area contributed by atoms with Gasteiger partial charge in [0.2, 0.25) is 5.88 Å². The van der Waals surface area contributed by atoms with Gasteiger partial charge >= 0.3 is 5.97 Å². The minimum Gasteiger partial charge on any atom is -0.476 e. The number of rotatable bonds is 6. The molecular formula is C15H15N3O4S. The molecule has 1 fully saturated rings. The maximum absolute atomic E-state index is 12.1. The third-order valence-corrected chi connectivity index (χ3v) is 4.36. The molecule has 2 heterocycles. The Hall–Kier alpha value is -2.48. The summed E-state index contributed by atoms with van der Waals surface area (Å²) >= 11 is 1.19. The number of hydrogen-bond donors (Lipinski definition) is 2. The Bertz CT molecular complexity index is 727. The van der Waals surface area contributed by atoms with Crippen molar-refractivity contribution in [2.75, 3.05) is 0 Å². The molecule has 2 N–H and O–H groups in total. The van der Waals surface area contributed by atoms with E-state index >= 15 is 0 Å². The molecule has 0 saturated heterocycles. The molecule has 0 spiro atoms. The molecule has 1 aliphatic carbocycles. The van der Waals surface area contributed by atoms with E-state index in [4.69, 9.17) is 9.84 Å². The van der Waals surface area contributed by atoms with E-state index < -0.39 is 5.97 Å². The Morgan fingerprint density at radius 1 is 1.43 bits per heavy atom. The third kappa shape index (κ3) is 3.84. The van der Waals surface area contributed by atoms with Crippen molar-refractivity contribution in [3.63, 3.8) is 0 Å². The molecule has 2 aromatic heterocycles. The molecule has 0 aromatic carbocycles. The summed E-state index contributed by atoms with van der Waals surface area (Å²) in [6.45, 7) is 0.178. The van der Waals surface area contributed by atoms with E-state index in [0.29, 0.717) is 16.5 Å². The molecule has 0 radical (unpaired) electrons. The molecule has 1 saturated carbocycles. The van der Waals surface area contributed by atoms with E-state index in [1.807, 2.05) is 0 Å². The monoisotopic (exact) mass is 333 g/mol. The Morgan fingerprint density at radius 2 is 2.26 bits per heavy atom. The highest BCUT2D eigenvalue weighted by Crippen LogP contribution is 2.24. The Morgan fingerprint density at radius 3 is 2.91 bits per heavy atom. The number of pyridine rings is 1. The summed E-state index contributed by atoms with van der Waals surface area (Å²) in [6, 6.07) is 3.21. The predicted octanol–water partition coefficient (Wildman–Crippen LogP) is 2.10. The van der Waals surface area contributed by atoms with Gasteiger partial charge in [0.05, 0.1) is 6.54 Å². The molecule has 0 aliphatic heterocycles. The zero-order valence-electron chi connectivity index (χ0n) is 12.2. The Kier molecular flexibility index (Phi) is 4.52. The van der Waals surface area contributed by atoms with Crippen LogP contribution in [0.1, 0.15) is 45.1 Å². The number of hydrogen-bond acceptors (Lipinski definition) is 6. The lowest BCUT2D eigenvalue weighted by Crippen LogP contribution is -2.26. The number of carbonyl (C=O) groups is 2. The van der Waals surface area contributed by atoms with Gasteiger partial charge in [-0.25, -0.2) is 14.8 Å². The molecular weight excluding hydrogens is 318 g/mol. The number of thiazole rings is 1. The molecule has 3 rings (SSSR count). The molecule has 2 aromatic rings. The quantitative estimate of drug-likeness (QED) is 0.839. The van der Waals surface area contributed by atoms with Gasteiger partial charge in [-0.15, -0.1) is 11.3 Å². The predicted molar refractivity (Wildman–Crippen MR) is 82.7 cm³/mol. The number of ether oxygens (including phenoxy) is 1.